The first-order valence-electron chi connectivity index (χ1n) is 3.35. The number of hydrogen-bond donors (Lipinski definition) is 0. The van der Waals surface area contributed by atoms with Crippen LogP contribution in [0.3, 0.4) is 0 Å². The van der Waals surface area contributed by atoms with Gasteiger partial charge in [0.05, 0.1) is 18.9 Å². The lowest BCUT2D eigenvalue weighted by Crippen LogP contribution is -2.08. The van der Waals surface area contributed by atoms with Gasteiger partial charge in [-0.1, -0.05) is 6.92 Å². The quantitative estimate of drug-likeness (QED) is 0.608. The van der Waals surface area contributed by atoms with Crippen molar-refractivity contribution in [1.29, 1.82) is 0 Å². The number of nitrogens with zero attached hydrogens (tertiary/aromatic N) is 2. The molecule has 0 fully saturated rings. The lowest BCUT2D eigenvalue weighted by Gasteiger charge is -2.01. The van der Waals surface area contributed by atoms with Crippen LogP contribution in [0.1, 0.15) is 6.92 Å². The van der Waals surface area contributed by atoms with Crippen LogP contribution in [0.5, 0.6) is 0 Å². The predicted octanol–water partition coefficient (Wildman–Crippen LogP) is 0.857. The summed E-state index contributed by atoms with van der Waals surface area (Å²) in [5.41, 5.74) is 0. The van der Waals surface area contributed by atoms with Crippen molar-refractivity contribution in [3.8, 4) is 0 Å². The Kier molecular flexibility index (Phi) is 2.36. The summed E-state index contributed by atoms with van der Waals surface area (Å²) in [5, 5.41) is 3.69. The number of rotatable bonds is 3. The third-order valence-electron chi connectivity index (χ3n) is 1.31. The minimum absolute atomic E-state index is 0.116. The number of halogens is 1. The van der Waals surface area contributed by atoms with Crippen molar-refractivity contribution in [2.24, 2.45) is 5.92 Å². The van der Waals surface area contributed by atoms with Gasteiger partial charge in [0.2, 0.25) is 0 Å². The molecule has 1 aromatic rings. The van der Waals surface area contributed by atoms with Crippen LogP contribution in [-0.4, -0.2) is 16.1 Å². The summed E-state index contributed by atoms with van der Waals surface area (Å²) in [7, 11) is 0. The maximum atomic E-state index is 12.3. The highest BCUT2D eigenvalue weighted by atomic mass is 19.1. The van der Waals surface area contributed by atoms with Crippen LogP contribution >= 0.6 is 0 Å². The summed E-state index contributed by atoms with van der Waals surface area (Å²) in [6, 6.07) is 0. The van der Waals surface area contributed by atoms with Gasteiger partial charge in [0.15, 0.2) is 5.82 Å². The van der Waals surface area contributed by atoms with Crippen molar-refractivity contribution < 1.29 is 9.18 Å². The molecule has 1 rings (SSSR count). The van der Waals surface area contributed by atoms with Crippen molar-refractivity contribution in [3.05, 3.63) is 18.2 Å². The minimum Gasteiger partial charge on any atom is -0.303 e. The first-order chi connectivity index (χ1) is 5.22. The summed E-state index contributed by atoms with van der Waals surface area (Å²) in [6.45, 7) is 2.19. The zero-order valence-electron chi connectivity index (χ0n) is 6.20. The third-order valence-corrected chi connectivity index (χ3v) is 1.31. The monoisotopic (exact) mass is 156 g/mol. The van der Waals surface area contributed by atoms with E-state index in [0.717, 1.165) is 12.5 Å². The van der Waals surface area contributed by atoms with Gasteiger partial charge in [0.25, 0.3) is 0 Å². The summed E-state index contributed by atoms with van der Waals surface area (Å²) >= 11 is 0. The standard InChI is InChI=1S/C7H9FN2O/c1-6(5-11)3-10-4-7(8)2-9-10/h2,4-6H,3H2,1H3. The molecule has 11 heavy (non-hydrogen) atoms. The smallest absolute Gasteiger partial charge is 0.161 e. The summed E-state index contributed by atoms with van der Waals surface area (Å²) in [5.74, 6) is -0.489. The van der Waals surface area contributed by atoms with Crippen LogP contribution in [0.15, 0.2) is 12.4 Å². The molecule has 0 aromatic carbocycles. The summed E-state index contributed by atoms with van der Waals surface area (Å²) in [6.07, 6.45) is 3.21. The number of carbonyl (C=O) groups is 1. The summed E-state index contributed by atoms with van der Waals surface area (Å²) in [4.78, 5) is 10.2. The SMILES string of the molecule is CC(C=O)Cn1cc(F)cn1. The summed E-state index contributed by atoms with van der Waals surface area (Å²) < 4.78 is 13.7. The second kappa shape index (κ2) is 3.27. The Morgan fingerprint density at radius 2 is 2.64 bits per heavy atom. The fourth-order valence-corrected chi connectivity index (χ4v) is 0.776. The third kappa shape index (κ3) is 2.14. The Bertz CT molecular complexity index is 246. The van der Waals surface area contributed by atoms with E-state index in [-0.39, 0.29) is 11.7 Å². The first-order valence-corrected chi connectivity index (χ1v) is 3.35. The highest BCUT2D eigenvalue weighted by Crippen LogP contribution is 1.98. The topological polar surface area (TPSA) is 34.9 Å². The van der Waals surface area contributed by atoms with E-state index >= 15 is 0 Å². The average molecular weight is 156 g/mol. The maximum absolute atomic E-state index is 12.3. The molecule has 1 aromatic heterocycles. The van der Waals surface area contributed by atoms with Crippen molar-refractivity contribution in [3.63, 3.8) is 0 Å². The van der Waals surface area contributed by atoms with Crippen LogP contribution in [0.4, 0.5) is 4.39 Å². The molecule has 0 saturated carbocycles. The van der Waals surface area contributed by atoms with Gasteiger partial charge in [-0.2, -0.15) is 5.10 Å². The predicted molar refractivity (Wildman–Crippen MR) is 37.4 cm³/mol. The lowest BCUT2D eigenvalue weighted by molar-refractivity contribution is -0.111. The maximum Gasteiger partial charge on any atom is 0.161 e. The molecule has 0 aliphatic heterocycles. The Morgan fingerprint density at radius 3 is 3.09 bits per heavy atom. The zero-order valence-corrected chi connectivity index (χ0v) is 6.20. The van der Waals surface area contributed by atoms with Gasteiger partial charge < -0.3 is 4.79 Å². The van der Waals surface area contributed by atoms with Gasteiger partial charge in [-0.3, -0.25) is 4.68 Å². The normalized spacial score (nSPS) is 12.9. The molecule has 0 N–H and O–H groups in total. The highest BCUT2D eigenvalue weighted by Gasteiger charge is 2.02. The van der Waals surface area contributed by atoms with Crippen LogP contribution < -0.4 is 0 Å². The molecule has 4 heteroatoms. The minimum atomic E-state index is -0.372. The van der Waals surface area contributed by atoms with Crippen molar-refractivity contribution in [1.82, 2.24) is 9.78 Å². The van der Waals surface area contributed by atoms with Gasteiger partial charge in [-0.15, -0.1) is 0 Å². The molecule has 0 aliphatic carbocycles. The molecule has 1 heterocycles. The van der Waals surface area contributed by atoms with E-state index in [2.05, 4.69) is 5.10 Å². The molecule has 0 aliphatic rings. The molecular formula is C7H9FN2O. The van der Waals surface area contributed by atoms with E-state index in [1.165, 1.54) is 10.9 Å². The molecular weight excluding hydrogens is 147 g/mol. The van der Waals surface area contributed by atoms with Gasteiger partial charge in [0, 0.05) is 5.92 Å². The van der Waals surface area contributed by atoms with Crippen LogP contribution in [0.25, 0.3) is 0 Å². The fraction of sp³-hybridized carbons (Fsp3) is 0.429. The lowest BCUT2D eigenvalue weighted by atomic mass is 10.2. The van der Waals surface area contributed by atoms with E-state index in [0.29, 0.717) is 6.54 Å². The van der Waals surface area contributed by atoms with Gasteiger partial charge >= 0.3 is 0 Å². The molecule has 60 valence electrons. The molecule has 1 unspecified atom stereocenters. The average Bonchev–Trinajstić information content (AvgIpc) is 2.35. The van der Waals surface area contributed by atoms with Crippen molar-refractivity contribution in [2.45, 2.75) is 13.5 Å². The Labute approximate surface area is 63.8 Å². The number of hydrogen-bond acceptors (Lipinski definition) is 2. The molecule has 0 spiro atoms. The van der Waals surface area contributed by atoms with E-state index < -0.39 is 0 Å². The van der Waals surface area contributed by atoms with E-state index in [1.807, 2.05) is 0 Å². The molecule has 0 amide bonds. The Morgan fingerprint density at radius 1 is 1.91 bits per heavy atom. The van der Waals surface area contributed by atoms with E-state index in [4.69, 9.17) is 0 Å². The van der Waals surface area contributed by atoms with Crippen LogP contribution in [0.2, 0.25) is 0 Å². The Hall–Kier alpha value is -1.19. The van der Waals surface area contributed by atoms with Crippen molar-refractivity contribution in [2.75, 3.05) is 0 Å². The number of aromatic nitrogens is 2. The van der Waals surface area contributed by atoms with E-state index in [9.17, 15) is 9.18 Å². The number of aldehydes is 1. The van der Waals surface area contributed by atoms with E-state index in [1.54, 1.807) is 6.92 Å². The molecule has 1 atom stereocenters. The van der Waals surface area contributed by atoms with Crippen molar-refractivity contribution >= 4 is 6.29 Å². The highest BCUT2D eigenvalue weighted by molar-refractivity contribution is 5.52. The van der Waals surface area contributed by atoms with Gasteiger partial charge in [-0.05, 0) is 0 Å². The van der Waals surface area contributed by atoms with Crippen LogP contribution in [0, 0.1) is 11.7 Å². The molecule has 3 nitrogen and oxygen atoms in total. The largest absolute Gasteiger partial charge is 0.303 e. The number of carbonyl (C=O) groups excluding carboxylic acids is 1. The first kappa shape index (κ1) is 7.91. The van der Waals surface area contributed by atoms with Gasteiger partial charge in [0.1, 0.15) is 6.29 Å². The Balaban J connectivity index is 2.57. The second-order valence-electron chi connectivity index (χ2n) is 2.49. The molecule has 0 radical (unpaired) electrons. The van der Waals surface area contributed by atoms with Gasteiger partial charge in [-0.25, -0.2) is 4.39 Å². The zero-order chi connectivity index (χ0) is 8.27. The fourth-order valence-electron chi connectivity index (χ4n) is 0.776. The molecule has 0 bridgehead atoms. The second-order valence-corrected chi connectivity index (χ2v) is 2.49. The molecule has 0 saturated heterocycles. The van der Waals surface area contributed by atoms with Crippen LogP contribution in [-0.2, 0) is 11.3 Å².